The summed E-state index contributed by atoms with van der Waals surface area (Å²) in [6.07, 6.45) is 1.42. The number of nitrogens with zero attached hydrogens (tertiary/aromatic N) is 2. The average molecular weight is 434 g/mol. The van der Waals surface area contributed by atoms with Gasteiger partial charge in [-0.3, -0.25) is 19.8 Å². The first-order valence-corrected chi connectivity index (χ1v) is 8.93. The lowest BCUT2D eigenvalue weighted by atomic mass is 10.1. The topological polar surface area (TPSA) is 65.8 Å². The maximum atomic E-state index is 12.9. The molecule has 0 bridgehead atoms. The van der Waals surface area contributed by atoms with Crippen LogP contribution in [0.25, 0.3) is 6.08 Å². The van der Waals surface area contributed by atoms with Crippen molar-refractivity contribution in [3.8, 4) is 0 Å². The highest BCUT2D eigenvalue weighted by atomic mass is 79.9. The maximum absolute atomic E-state index is 12.9. The molecule has 1 aliphatic heterocycles. The number of hydrogen-bond donors (Lipinski definition) is 1. The van der Waals surface area contributed by atoms with Crippen LogP contribution in [0, 0.1) is 6.92 Å². The molecule has 0 radical (unpaired) electrons. The number of carbonyl (C=O) groups is 2. The highest BCUT2D eigenvalue weighted by Gasteiger charge is 2.34. The monoisotopic (exact) mass is 433 g/mol. The largest absolute Gasteiger partial charge is 0.440 e. The number of furan rings is 1. The minimum Gasteiger partial charge on any atom is -0.440 e. The number of benzene rings is 1. The van der Waals surface area contributed by atoms with Gasteiger partial charge in [0.15, 0.2) is 5.11 Å². The normalized spacial score (nSPS) is 16.2. The van der Waals surface area contributed by atoms with Crippen LogP contribution in [0.15, 0.2) is 44.8 Å². The molecule has 1 saturated heterocycles. The van der Waals surface area contributed by atoms with E-state index in [2.05, 4.69) is 21.2 Å². The van der Waals surface area contributed by atoms with Gasteiger partial charge >= 0.3 is 0 Å². The van der Waals surface area contributed by atoms with E-state index < -0.39 is 11.8 Å². The molecule has 1 fully saturated rings. The van der Waals surface area contributed by atoms with Crippen LogP contribution in [-0.2, 0) is 9.59 Å². The van der Waals surface area contributed by atoms with Crippen LogP contribution in [0.5, 0.6) is 0 Å². The van der Waals surface area contributed by atoms with Crippen LogP contribution in [-0.4, -0.2) is 31.0 Å². The fourth-order valence-corrected chi connectivity index (χ4v) is 3.50. The minimum absolute atomic E-state index is 0.0494. The number of nitrogens with one attached hydrogen (secondary N) is 1. The Morgan fingerprint density at radius 2 is 2.00 bits per heavy atom. The van der Waals surface area contributed by atoms with E-state index in [1.54, 1.807) is 17.0 Å². The number of amides is 2. The van der Waals surface area contributed by atoms with Crippen LogP contribution < -0.4 is 15.1 Å². The Balaban J connectivity index is 2.01. The molecule has 0 saturated carbocycles. The number of thiocarbonyl (C=S) groups is 1. The van der Waals surface area contributed by atoms with Gasteiger partial charge in [0.05, 0.1) is 10.2 Å². The Kier molecular flexibility index (Phi) is 4.97. The average Bonchev–Trinajstić information content (AvgIpc) is 2.92. The van der Waals surface area contributed by atoms with Crippen molar-refractivity contribution in [1.82, 2.24) is 5.32 Å². The quantitative estimate of drug-likeness (QED) is 0.457. The third-order valence-electron chi connectivity index (χ3n) is 3.74. The second-order valence-corrected chi connectivity index (χ2v) is 7.23. The van der Waals surface area contributed by atoms with Crippen LogP contribution in [0.2, 0.25) is 0 Å². The molecule has 2 heterocycles. The molecule has 0 atom stereocenters. The summed E-state index contributed by atoms with van der Waals surface area (Å²) < 4.78 is 6.41. The van der Waals surface area contributed by atoms with E-state index in [0.29, 0.717) is 17.3 Å². The van der Waals surface area contributed by atoms with E-state index in [9.17, 15) is 9.59 Å². The van der Waals surface area contributed by atoms with E-state index in [-0.39, 0.29) is 10.7 Å². The molecule has 0 aliphatic carbocycles. The third kappa shape index (κ3) is 3.42. The molecule has 1 N–H and O–H groups in total. The Labute approximate surface area is 164 Å². The lowest BCUT2D eigenvalue weighted by molar-refractivity contribution is -0.122. The summed E-state index contributed by atoms with van der Waals surface area (Å²) in [5, 5.41) is 2.61. The first-order valence-electron chi connectivity index (χ1n) is 7.72. The molecular weight excluding hydrogens is 418 g/mol. The molecule has 8 heteroatoms. The van der Waals surface area contributed by atoms with Crippen molar-refractivity contribution in [2.75, 3.05) is 23.9 Å². The van der Waals surface area contributed by atoms with E-state index in [4.69, 9.17) is 16.6 Å². The molecule has 6 nitrogen and oxygen atoms in total. The van der Waals surface area contributed by atoms with Crippen molar-refractivity contribution >= 4 is 62.7 Å². The molecule has 0 spiro atoms. The van der Waals surface area contributed by atoms with Crippen molar-refractivity contribution in [3.05, 3.63) is 51.7 Å². The number of aryl methyl sites for hydroxylation is 1. The van der Waals surface area contributed by atoms with Gasteiger partial charge in [-0.25, -0.2) is 0 Å². The Bertz CT molecular complexity index is 949. The van der Waals surface area contributed by atoms with Gasteiger partial charge in [-0.2, -0.15) is 0 Å². The maximum Gasteiger partial charge on any atom is 0.270 e. The summed E-state index contributed by atoms with van der Waals surface area (Å²) in [5.74, 6) is -0.0752. The van der Waals surface area contributed by atoms with Gasteiger partial charge < -0.3 is 9.32 Å². The van der Waals surface area contributed by atoms with Crippen LogP contribution >= 0.6 is 28.1 Å². The molecule has 3 rings (SSSR count). The molecule has 2 amide bonds. The second kappa shape index (κ2) is 7.05. The summed E-state index contributed by atoms with van der Waals surface area (Å²) >= 11 is 8.59. The smallest absolute Gasteiger partial charge is 0.270 e. The number of carbonyl (C=O) groups excluding carboxylic acids is 2. The predicted octanol–water partition coefficient (Wildman–Crippen LogP) is 3.25. The van der Waals surface area contributed by atoms with Gasteiger partial charge in [-0.15, -0.1) is 0 Å². The van der Waals surface area contributed by atoms with E-state index in [1.165, 1.54) is 11.0 Å². The summed E-state index contributed by atoms with van der Waals surface area (Å²) in [5.41, 5.74) is 1.53. The van der Waals surface area contributed by atoms with E-state index in [0.717, 1.165) is 10.0 Å². The van der Waals surface area contributed by atoms with Crippen molar-refractivity contribution < 1.29 is 14.0 Å². The predicted molar refractivity (Wildman–Crippen MR) is 108 cm³/mol. The van der Waals surface area contributed by atoms with Crippen molar-refractivity contribution in [1.29, 1.82) is 0 Å². The highest BCUT2D eigenvalue weighted by molar-refractivity contribution is 9.10. The number of rotatable bonds is 3. The SMILES string of the molecule is Cc1cccc(N2C(=O)/C(=C/c3cc(Br)c(N(C)C)o3)C(=O)NC2=S)c1. The highest BCUT2D eigenvalue weighted by Crippen LogP contribution is 2.31. The zero-order valence-corrected chi connectivity index (χ0v) is 16.8. The van der Waals surface area contributed by atoms with Gasteiger partial charge in [0.2, 0.25) is 5.88 Å². The minimum atomic E-state index is -0.553. The molecule has 26 heavy (non-hydrogen) atoms. The first-order chi connectivity index (χ1) is 12.3. The van der Waals surface area contributed by atoms with Gasteiger partial charge in [0, 0.05) is 20.2 Å². The van der Waals surface area contributed by atoms with Crippen LogP contribution in [0.3, 0.4) is 0 Å². The number of halogens is 1. The van der Waals surface area contributed by atoms with Gasteiger partial charge in [-0.1, -0.05) is 12.1 Å². The molecular formula is C18H16BrN3O3S. The Morgan fingerprint density at radius 3 is 2.62 bits per heavy atom. The second-order valence-electron chi connectivity index (χ2n) is 5.99. The third-order valence-corrected chi connectivity index (χ3v) is 4.59. The van der Waals surface area contributed by atoms with E-state index >= 15 is 0 Å². The first kappa shape index (κ1) is 18.3. The van der Waals surface area contributed by atoms with Crippen LogP contribution in [0.1, 0.15) is 11.3 Å². The molecule has 0 unspecified atom stereocenters. The zero-order valence-electron chi connectivity index (χ0n) is 14.4. The molecule has 1 aromatic carbocycles. The van der Waals surface area contributed by atoms with Crippen LogP contribution in [0.4, 0.5) is 11.6 Å². The number of anilines is 2. The zero-order chi connectivity index (χ0) is 19.0. The molecule has 1 aliphatic rings. The fourth-order valence-electron chi connectivity index (χ4n) is 2.55. The Hall–Kier alpha value is -2.45. The molecule has 134 valence electrons. The van der Waals surface area contributed by atoms with Gasteiger partial charge in [0.25, 0.3) is 11.8 Å². The summed E-state index contributed by atoms with van der Waals surface area (Å²) in [6.45, 7) is 1.92. The summed E-state index contributed by atoms with van der Waals surface area (Å²) in [7, 11) is 3.66. The van der Waals surface area contributed by atoms with Gasteiger partial charge in [0.1, 0.15) is 11.3 Å². The Morgan fingerprint density at radius 1 is 1.27 bits per heavy atom. The summed E-state index contributed by atoms with van der Waals surface area (Å²) in [4.78, 5) is 28.3. The van der Waals surface area contributed by atoms with Crippen molar-refractivity contribution in [3.63, 3.8) is 0 Å². The van der Waals surface area contributed by atoms with E-state index in [1.807, 2.05) is 39.2 Å². The molecule has 2 aromatic rings. The van der Waals surface area contributed by atoms with Crippen molar-refractivity contribution in [2.24, 2.45) is 0 Å². The molecule has 1 aromatic heterocycles. The lowest BCUT2D eigenvalue weighted by Gasteiger charge is -2.29. The standard InChI is InChI=1S/C18H16BrN3O3S/c1-10-5-4-6-11(7-10)22-16(24)13(15(23)20-18(22)26)8-12-9-14(19)17(25-12)21(2)3/h4-9H,1-3H3,(H,20,23,26)/b13-8+. The number of hydrogen-bond acceptors (Lipinski definition) is 5. The van der Waals surface area contributed by atoms with Crippen molar-refractivity contribution in [2.45, 2.75) is 6.92 Å². The summed E-state index contributed by atoms with van der Waals surface area (Å²) in [6, 6.07) is 9.03. The van der Waals surface area contributed by atoms with Gasteiger partial charge in [-0.05, 0) is 58.8 Å². The fraction of sp³-hybridized carbons (Fsp3) is 0.167. The lowest BCUT2D eigenvalue weighted by Crippen LogP contribution is -2.54.